The van der Waals surface area contributed by atoms with E-state index in [4.69, 9.17) is 9.47 Å². The molecule has 1 saturated carbocycles. The van der Waals surface area contributed by atoms with Crippen LogP contribution in [0.1, 0.15) is 40.5 Å². The number of hydrogen-bond donors (Lipinski definition) is 1. The summed E-state index contributed by atoms with van der Waals surface area (Å²) in [4.78, 5) is 0. The van der Waals surface area contributed by atoms with Crippen molar-refractivity contribution >= 4 is 0 Å². The monoisotopic (exact) mass is 229 g/mol. The lowest BCUT2D eigenvalue weighted by Crippen LogP contribution is -2.60. The predicted octanol–water partition coefficient (Wildman–Crippen LogP) is 2.20. The fourth-order valence-corrected chi connectivity index (χ4v) is 2.01. The first-order chi connectivity index (χ1) is 7.69. The van der Waals surface area contributed by atoms with Gasteiger partial charge in [-0.05, 0) is 32.2 Å². The van der Waals surface area contributed by atoms with Gasteiger partial charge in [0.1, 0.15) is 0 Å². The Morgan fingerprint density at radius 2 is 2.00 bits per heavy atom. The molecule has 3 unspecified atom stereocenters. The number of nitrogens with one attached hydrogen (secondary N) is 1. The van der Waals surface area contributed by atoms with Gasteiger partial charge in [0.05, 0.1) is 12.2 Å². The molecule has 3 atom stereocenters. The van der Waals surface area contributed by atoms with Crippen molar-refractivity contribution in [3.63, 3.8) is 0 Å². The summed E-state index contributed by atoms with van der Waals surface area (Å²) in [6.45, 7) is 11.3. The summed E-state index contributed by atoms with van der Waals surface area (Å²) in [6, 6.07) is 0.497. The van der Waals surface area contributed by atoms with Gasteiger partial charge in [-0.3, -0.25) is 0 Å². The van der Waals surface area contributed by atoms with E-state index in [0.29, 0.717) is 18.1 Å². The molecule has 1 rings (SSSR count). The van der Waals surface area contributed by atoms with Gasteiger partial charge in [0.25, 0.3) is 0 Å². The minimum Gasteiger partial charge on any atom is -0.375 e. The van der Waals surface area contributed by atoms with Crippen LogP contribution >= 0.6 is 0 Å². The minimum atomic E-state index is 0.260. The molecule has 3 heteroatoms. The van der Waals surface area contributed by atoms with E-state index in [9.17, 15) is 0 Å². The van der Waals surface area contributed by atoms with Gasteiger partial charge in [0.15, 0.2) is 0 Å². The van der Waals surface area contributed by atoms with E-state index in [-0.39, 0.29) is 6.10 Å². The highest BCUT2D eigenvalue weighted by Crippen LogP contribution is 2.27. The average Bonchev–Trinajstić information content (AvgIpc) is 2.23. The third-order valence-electron chi connectivity index (χ3n) is 2.91. The zero-order valence-corrected chi connectivity index (χ0v) is 11.2. The van der Waals surface area contributed by atoms with Crippen molar-refractivity contribution in [1.82, 2.24) is 5.32 Å². The molecule has 96 valence electrons. The zero-order valence-electron chi connectivity index (χ0n) is 11.2. The van der Waals surface area contributed by atoms with Crippen molar-refractivity contribution in [2.24, 2.45) is 5.92 Å². The van der Waals surface area contributed by atoms with E-state index < -0.39 is 0 Å². The lowest BCUT2D eigenvalue weighted by atomic mass is 9.85. The molecule has 0 heterocycles. The molecule has 0 spiro atoms. The summed E-state index contributed by atoms with van der Waals surface area (Å²) >= 11 is 0. The van der Waals surface area contributed by atoms with Gasteiger partial charge in [-0.2, -0.15) is 0 Å². The van der Waals surface area contributed by atoms with Crippen LogP contribution in [-0.2, 0) is 9.47 Å². The molecule has 1 fully saturated rings. The van der Waals surface area contributed by atoms with Gasteiger partial charge in [0, 0.05) is 19.3 Å². The van der Waals surface area contributed by atoms with Gasteiger partial charge in [0.2, 0.25) is 0 Å². The highest BCUT2D eigenvalue weighted by Gasteiger charge is 2.42. The average molecular weight is 229 g/mol. The third kappa shape index (κ3) is 4.04. The summed E-state index contributed by atoms with van der Waals surface area (Å²) in [6.07, 6.45) is 2.83. The van der Waals surface area contributed by atoms with Gasteiger partial charge in [-0.1, -0.05) is 20.8 Å². The Morgan fingerprint density at radius 3 is 2.56 bits per heavy atom. The highest BCUT2D eigenvalue weighted by molar-refractivity contribution is 4.97. The second-order valence-corrected chi connectivity index (χ2v) is 4.98. The fraction of sp³-hybridized carbons (Fsp3) is 1.00. The maximum absolute atomic E-state index is 5.85. The Morgan fingerprint density at radius 1 is 1.25 bits per heavy atom. The maximum atomic E-state index is 5.85. The van der Waals surface area contributed by atoms with Crippen molar-refractivity contribution in [2.45, 2.75) is 58.8 Å². The number of rotatable bonds is 8. The molecular weight excluding hydrogens is 202 g/mol. The molecule has 3 nitrogen and oxygen atoms in total. The Bertz CT molecular complexity index is 185. The molecular formula is C13H27NO2. The highest BCUT2D eigenvalue weighted by atomic mass is 16.5. The molecule has 0 aromatic rings. The number of ether oxygens (including phenoxy) is 2. The lowest BCUT2D eigenvalue weighted by Gasteiger charge is -2.44. The molecule has 0 aromatic carbocycles. The Labute approximate surface area is 99.9 Å². The molecule has 1 aliphatic carbocycles. The van der Waals surface area contributed by atoms with Crippen LogP contribution in [-0.4, -0.2) is 38.0 Å². The van der Waals surface area contributed by atoms with Crippen LogP contribution in [0.15, 0.2) is 0 Å². The molecule has 1 N–H and O–H groups in total. The van der Waals surface area contributed by atoms with Gasteiger partial charge in [-0.25, -0.2) is 0 Å². The SMILES string of the molecule is CCCNC1CC(OCC(C)C)C1OCC. The van der Waals surface area contributed by atoms with E-state index in [2.05, 4.69) is 33.0 Å². The van der Waals surface area contributed by atoms with Crippen LogP contribution in [0, 0.1) is 5.92 Å². The summed E-state index contributed by atoms with van der Waals surface area (Å²) in [5, 5.41) is 3.52. The maximum Gasteiger partial charge on any atom is 0.0990 e. The smallest absolute Gasteiger partial charge is 0.0990 e. The normalized spacial score (nSPS) is 29.4. The summed E-state index contributed by atoms with van der Waals surface area (Å²) in [5.41, 5.74) is 0. The molecule has 0 saturated heterocycles. The van der Waals surface area contributed by atoms with Gasteiger partial charge >= 0.3 is 0 Å². The summed E-state index contributed by atoms with van der Waals surface area (Å²) in [7, 11) is 0. The van der Waals surface area contributed by atoms with Crippen LogP contribution in [0.4, 0.5) is 0 Å². The van der Waals surface area contributed by atoms with Gasteiger partial charge in [-0.15, -0.1) is 0 Å². The van der Waals surface area contributed by atoms with Crippen LogP contribution in [0.25, 0.3) is 0 Å². The topological polar surface area (TPSA) is 30.5 Å². The van der Waals surface area contributed by atoms with Crippen molar-refractivity contribution < 1.29 is 9.47 Å². The Kier molecular flexibility index (Phi) is 6.32. The van der Waals surface area contributed by atoms with Crippen molar-refractivity contribution in [1.29, 1.82) is 0 Å². The molecule has 0 aliphatic heterocycles. The molecule has 0 bridgehead atoms. The van der Waals surface area contributed by atoms with Crippen LogP contribution in [0.3, 0.4) is 0 Å². The predicted molar refractivity (Wildman–Crippen MR) is 66.7 cm³/mol. The first-order valence-electron chi connectivity index (χ1n) is 6.65. The summed E-state index contributed by atoms with van der Waals surface area (Å²) in [5.74, 6) is 0.602. The van der Waals surface area contributed by atoms with E-state index in [1.807, 2.05) is 0 Å². The molecule has 0 amide bonds. The van der Waals surface area contributed by atoms with E-state index in [0.717, 1.165) is 26.2 Å². The first-order valence-corrected chi connectivity index (χ1v) is 6.65. The van der Waals surface area contributed by atoms with E-state index in [1.165, 1.54) is 6.42 Å². The molecule has 0 aromatic heterocycles. The van der Waals surface area contributed by atoms with Crippen LogP contribution in [0.2, 0.25) is 0 Å². The third-order valence-corrected chi connectivity index (χ3v) is 2.91. The number of hydrogen-bond acceptors (Lipinski definition) is 3. The standard InChI is InChI=1S/C13H27NO2/c1-5-7-14-11-8-12(13(11)15-6-2)16-9-10(3)4/h10-14H,5-9H2,1-4H3. The van der Waals surface area contributed by atoms with E-state index in [1.54, 1.807) is 0 Å². The Hall–Kier alpha value is -0.120. The fourth-order valence-electron chi connectivity index (χ4n) is 2.01. The zero-order chi connectivity index (χ0) is 12.0. The molecule has 0 radical (unpaired) electrons. The van der Waals surface area contributed by atoms with Crippen molar-refractivity contribution in [3.8, 4) is 0 Å². The first kappa shape index (κ1) is 13.9. The second kappa shape index (κ2) is 7.25. The van der Waals surface area contributed by atoms with E-state index >= 15 is 0 Å². The van der Waals surface area contributed by atoms with Crippen molar-refractivity contribution in [3.05, 3.63) is 0 Å². The van der Waals surface area contributed by atoms with Crippen LogP contribution in [0.5, 0.6) is 0 Å². The minimum absolute atomic E-state index is 0.260. The summed E-state index contributed by atoms with van der Waals surface area (Å²) < 4.78 is 11.6. The van der Waals surface area contributed by atoms with Gasteiger partial charge < -0.3 is 14.8 Å². The largest absolute Gasteiger partial charge is 0.375 e. The molecule has 1 aliphatic rings. The lowest BCUT2D eigenvalue weighted by molar-refractivity contribution is -0.148. The Balaban J connectivity index is 2.26. The quantitative estimate of drug-likeness (QED) is 0.692. The second-order valence-electron chi connectivity index (χ2n) is 4.98. The molecule has 16 heavy (non-hydrogen) atoms. The van der Waals surface area contributed by atoms with Crippen molar-refractivity contribution in [2.75, 3.05) is 19.8 Å². The van der Waals surface area contributed by atoms with Crippen LogP contribution < -0.4 is 5.32 Å².